The van der Waals surface area contributed by atoms with Gasteiger partial charge < -0.3 is 75.8 Å². The monoisotopic (exact) mass is 1870 g/mol. The summed E-state index contributed by atoms with van der Waals surface area (Å²) < 4.78 is 120. The zero-order chi connectivity index (χ0) is 102. The molecule has 0 saturated carbocycles. The highest BCUT2D eigenvalue weighted by atomic mass is 16.5. The Kier molecular flexibility index (Phi) is 35.3. The van der Waals surface area contributed by atoms with Crippen molar-refractivity contribution in [3.63, 3.8) is 0 Å². The van der Waals surface area contributed by atoms with Gasteiger partial charge in [0.25, 0.3) is 0 Å². The van der Waals surface area contributed by atoms with E-state index in [1.165, 1.54) is 0 Å². The number of rotatable bonds is 24. The predicted octanol–water partition coefficient (Wildman–Crippen LogP) is 30.6. The van der Waals surface area contributed by atoms with E-state index in [1.807, 2.05) is 0 Å². The number of ether oxygens (including phenoxy) is 16. The summed E-state index contributed by atoms with van der Waals surface area (Å²) in [6, 6.07) is 36.4. The molecular formula is C120H176O16. The SMILES string of the molecule is COc1c2cc(C(C)(C)C)cc1C(OC(C)C)c1cc(C(C)(C)C)cc(c1OC)C(OC(C)C)c1cc(C(C)(C)C)cc(c1OC)C(OC(C)C)c1cc(C(C)(C)C)cc(c1OC)C(OC(C)C)c1cc(C(C)(C)C)cc(c1OC)C(OC(C)C)c1cc(C(C)(C)C)cc(c1OC)C(OC(C)C)c1cc(C(C)(C)C)cc(c1OC)C(OC(C)C)c1cc(C(C)(C)C)cc(c1OC)C2OC(C)C. The Labute approximate surface area is 822 Å². The first-order chi connectivity index (χ1) is 62.7. The van der Waals surface area contributed by atoms with Crippen molar-refractivity contribution in [2.75, 3.05) is 56.9 Å². The van der Waals surface area contributed by atoms with Gasteiger partial charge in [0.2, 0.25) is 0 Å². The predicted molar refractivity (Wildman–Crippen MR) is 558 cm³/mol. The quantitative estimate of drug-likeness (QED) is 0.0564. The minimum Gasteiger partial charge on any atom is -0.496 e. The highest BCUT2D eigenvalue weighted by Gasteiger charge is 2.45. The lowest BCUT2D eigenvalue weighted by atomic mass is 9.77. The van der Waals surface area contributed by atoms with Crippen molar-refractivity contribution in [3.05, 3.63) is 231 Å². The first-order valence-electron chi connectivity index (χ1n) is 49.8. The molecule has 16 nitrogen and oxygen atoms in total. The number of hydrogen-bond donors (Lipinski definition) is 0. The zero-order valence-corrected chi connectivity index (χ0v) is 93.0. The van der Waals surface area contributed by atoms with E-state index in [9.17, 15) is 0 Å². The minimum absolute atomic E-state index is 0.362. The molecule has 9 rings (SSSR count). The van der Waals surface area contributed by atoms with Crippen molar-refractivity contribution in [1.29, 1.82) is 0 Å². The Morgan fingerprint density at radius 2 is 0.206 bits per heavy atom. The second kappa shape index (κ2) is 43.1. The van der Waals surface area contributed by atoms with E-state index in [0.717, 1.165) is 134 Å². The maximum Gasteiger partial charge on any atom is 0.131 e. The third kappa shape index (κ3) is 25.0. The summed E-state index contributed by atoms with van der Waals surface area (Å²) in [6.07, 6.45) is -9.97. The van der Waals surface area contributed by atoms with Gasteiger partial charge in [-0.15, -0.1) is 0 Å². The zero-order valence-electron chi connectivity index (χ0n) is 93.0. The van der Waals surface area contributed by atoms with Gasteiger partial charge >= 0.3 is 0 Å². The van der Waals surface area contributed by atoms with Crippen LogP contribution in [-0.2, 0) is 81.2 Å². The molecule has 0 aromatic heterocycles. The third-order valence-electron chi connectivity index (χ3n) is 25.5. The second-order valence-electron chi connectivity index (χ2n) is 48.0. The number of benzene rings is 8. The van der Waals surface area contributed by atoms with Crippen molar-refractivity contribution < 1.29 is 75.8 Å². The normalized spacial score (nSPS) is 18.2. The summed E-state index contributed by atoms with van der Waals surface area (Å²) >= 11 is 0. The molecule has 0 spiro atoms. The molecule has 0 atom stereocenters. The molecule has 1 aliphatic rings. The van der Waals surface area contributed by atoms with E-state index in [4.69, 9.17) is 75.8 Å². The van der Waals surface area contributed by atoms with Crippen molar-refractivity contribution >= 4 is 0 Å². The van der Waals surface area contributed by atoms with Crippen LogP contribution in [0.15, 0.2) is 97.1 Å². The average Bonchev–Trinajstić information content (AvgIpc) is 0.737. The van der Waals surface area contributed by atoms with Gasteiger partial charge in [-0.3, -0.25) is 0 Å². The summed E-state index contributed by atoms with van der Waals surface area (Å²) in [5.74, 6) is 4.48. The van der Waals surface area contributed by atoms with E-state index in [2.05, 4.69) is 374 Å². The Balaban J connectivity index is 1.70. The maximum absolute atomic E-state index is 7.75. The van der Waals surface area contributed by atoms with Crippen LogP contribution in [-0.4, -0.2) is 106 Å². The van der Waals surface area contributed by atoms with Crippen LogP contribution in [0.2, 0.25) is 0 Å². The first kappa shape index (κ1) is 111. The summed E-state index contributed by atoms with van der Waals surface area (Å²) in [6.45, 7) is 87.6. The molecule has 8 aromatic carbocycles. The van der Waals surface area contributed by atoms with Crippen LogP contribution in [0.5, 0.6) is 46.0 Å². The van der Waals surface area contributed by atoms with Crippen LogP contribution < -0.4 is 37.9 Å². The number of hydrogen-bond acceptors (Lipinski definition) is 16. The molecule has 0 saturated heterocycles. The molecule has 16 bridgehead atoms. The minimum atomic E-state index is -0.884. The van der Waals surface area contributed by atoms with Crippen molar-refractivity contribution in [2.24, 2.45) is 0 Å². The topological polar surface area (TPSA) is 148 Å². The van der Waals surface area contributed by atoms with Crippen LogP contribution in [0.3, 0.4) is 0 Å². The standard InChI is InChI=1S/C120H176O16/c1-65(2)129-105-81-49-73(113(17,18)19)51-83(97(81)121-41)106(130-66(3)4)85-53-75(115(23,24)25)55-87(99(85)123-43)108(132-68(7)8)89-57-77(117(29,30)31)59-91(101(89)125-45)110(134-70(11)12)93-61-79(119(35,36)37)63-95(103(93)127-47)112(136-72(15)16)96-64-80(120(38,39)40)62-94(104(96)128-48)111(135-71(13)14)92-60-78(118(32,33)34)58-90(102(92)126-46)109(133-69(9)10)88-56-76(116(26,27)28)54-86(100(88)124-44)107(131-67(5)6)84-52-74(114(20,21)22)50-82(105)98(84)122-42/h49-72,105-112H,1-48H3. The van der Waals surface area contributed by atoms with Gasteiger partial charge in [-0.2, -0.15) is 0 Å². The lowest BCUT2D eigenvalue weighted by Gasteiger charge is -2.36. The maximum atomic E-state index is 7.75. The lowest BCUT2D eigenvalue weighted by molar-refractivity contribution is 0.0194. The molecule has 1 aliphatic carbocycles. The fraction of sp³-hybridized carbons (Fsp3) is 0.600. The third-order valence-corrected chi connectivity index (χ3v) is 25.5. The van der Waals surface area contributed by atoms with Crippen LogP contribution in [0.25, 0.3) is 0 Å². The molecule has 0 heterocycles. The van der Waals surface area contributed by atoms with Crippen LogP contribution in [0.4, 0.5) is 0 Å². The Bertz CT molecular complexity index is 4220. The molecular weight excluding hydrogens is 1700 g/mol. The number of methoxy groups -OCH3 is 8. The molecule has 136 heavy (non-hydrogen) atoms. The van der Waals surface area contributed by atoms with Gasteiger partial charge in [-0.1, -0.05) is 166 Å². The summed E-state index contributed by atoms with van der Waals surface area (Å²) in [4.78, 5) is 0. The highest BCUT2D eigenvalue weighted by molar-refractivity contribution is 5.67. The molecule has 0 amide bonds. The summed E-state index contributed by atoms with van der Waals surface area (Å²) in [7, 11) is 14.1. The van der Waals surface area contributed by atoms with Gasteiger partial charge in [-0.05, 0) is 296 Å². The van der Waals surface area contributed by atoms with Crippen molar-refractivity contribution in [1.82, 2.24) is 0 Å². The Morgan fingerprint density at radius 1 is 0.140 bits per heavy atom. The molecule has 0 unspecified atom stereocenters. The molecule has 16 heteroatoms. The first-order valence-corrected chi connectivity index (χ1v) is 49.8. The van der Waals surface area contributed by atoms with E-state index < -0.39 is 92.2 Å². The van der Waals surface area contributed by atoms with Gasteiger partial charge in [0, 0.05) is 89.0 Å². The molecule has 8 aromatic rings. The van der Waals surface area contributed by atoms with E-state index in [1.54, 1.807) is 56.9 Å². The largest absolute Gasteiger partial charge is 0.496 e. The molecule has 0 N–H and O–H groups in total. The lowest BCUT2D eigenvalue weighted by Crippen LogP contribution is -2.24. The van der Waals surface area contributed by atoms with E-state index in [0.29, 0.717) is 46.0 Å². The Hall–Kier alpha value is -8.16. The highest BCUT2D eigenvalue weighted by Crippen LogP contribution is 2.59. The molecule has 752 valence electrons. The second-order valence-corrected chi connectivity index (χ2v) is 48.0. The van der Waals surface area contributed by atoms with E-state index >= 15 is 0 Å². The fourth-order valence-corrected chi connectivity index (χ4v) is 18.6. The average molecular weight is 1870 g/mol. The summed E-state index contributed by atoms with van der Waals surface area (Å²) in [5, 5.41) is 0. The van der Waals surface area contributed by atoms with Crippen molar-refractivity contribution in [2.45, 2.75) is 418 Å². The van der Waals surface area contributed by atoms with E-state index in [-0.39, 0.29) is 48.8 Å². The smallest absolute Gasteiger partial charge is 0.131 e. The summed E-state index contributed by atoms with van der Waals surface area (Å²) in [5.41, 5.74) is 16.4. The molecule has 0 aliphatic heterocycles. The Morgan fingerprint density at radius 3 is 0.250 bits per heavy atom. The number of fused-ring (bicyclic) bond motifs is 16. The van der Waals surface area contributed by atoms with Gasteiger partial charge in [0.05, 0.1) is 106 Å². The van der Waals surface area contributed by atoms with Gasteiger partial charge in [0.15, 0.2) is 0 Å². The van der Waals surface area contributed by atoms with Crippen LogP contribution in [0.1, 0.15) is 459 Å². The fourth-order valence-electron chi connectivity index (χ4n) is 18.6. The van der Waals surface area contributed by atoms with Crippen molar-refractivity contribution in [3.8, 4) is 46.0 Å². The van der Waals surface area contributed by atoms with Gasteiger partial charge in [-0.25, -0.2) is 0 Å². The molecule has 0 radical (unpaired) electrons. The van der Waals surface area contributed by atoms with Crippen LogP contribution >= 0.6 is 0 Å². The van der Waals surface area contributed by atoms with Crippen LogP contribution in [0, 0.1) is 0 Å². The molecule has 0 fully saturated rings. The van der Waals surface area contributed by atoms with Gasteiger partial charge in [0.1, 0.15) is 94.8 Å².